The van der Waals surface area contributed by atoms with E-state index in [1.807, 2.05) is 0 Å². The Morgan fingerprint density at radius 3 is 1.72 bits per heavy atom. The van der Waals surface area contributed by atoms with E-state index in [9.17, 15) is 39.5 Å². The summed E-state index contributed by atoms with van der Waals surface area (Å²) in [5.74, 6) is -19.4. The van der Waals surface area contributed by atoms with Gasteiger partial charge in [-0.05, 0) is 26.8 Å². The molecule has 1 aromatic rings. The van der Waals surface area contributed by atoms with Crippen molar-refractivity contribution in [1.82, 2.24) is 0 Å². The molecule has 0 saturated heterocycles. The molecule has 0 radical (unpaired) electrons. The molecule has 0 aromatic heterocycles. The topological polar surface area (TPSA) is 12.5 Å². The number of hydrogen-bond donors (Lipinski definition) is 0. The molecule has 0 spiro atoms. The van der Waals surface area contributed by atoms with Crippen LogP contribution in [0.4, 0.5) is 45.2 Å². The lowest BCUT2D eigenvalue weighted by Gasteiger charge is -2.40. The molecule has 29 heavy (non-hydrogen) atoms. The van der Waals surface area contributed by atoms with Crippen LogP contribution in [0.15, 0.2) is 24.3 Å². The Balaban J connectivity index is 3.49. The van der Waals surface area contributed by atoms with Gasteiger partial charge in [0.15, 0.2) is 0 Å². The first-order valence-electron chi connectivity index (χ1n) is 8.62. The summed E-state index contributed by atoms with van der Waals surface area (Å²) in [5.41, 5.74) is -2.02. The SMILES string of the molecule is CCN(CC)c1ccccc1C(C)(CC(F)(F)C(F)(F)C(F)(F)C(F)(F)F)OC. The average molecular weight is 439 g/mol. The van der Waals surface area contributed by atoms with Crippen LogP contribution in [0, 0.1) is 0 Å². The number of rotatable bonds is 9. The van der Waals surface area contributed by atoms with Gasteiger partial charge in [0.1, 0.15) is 0 Å². The molecule has 11 heteroatoms. The van der Waals surface area contributed by atoms with Gasteiger partial charge in [0.2, 0.25) is 0 Å². The first-order chi connectivity index (χ1) is 13.0. The molecule has 0 fully saturated rings. The molecular formula is C18H22F9NO. The Labute approximate surface area is 162 Å². The van der Waals surface area contributed by atoms with E-state index in [-0.39, 0.29) is 5.56 Å². The van der Waals surface area contributed by atoms with Crippen LogP contribution in [0.1, 0.15) is 32.8 Å². The second kappa shape index (κ2) is 8.23. The van der Waals surface area contributed by atoms with E-state index in [0.29, 0.717) is 18.8 Å². The van der Waals surface area contributed by atoms with E-state index in [2.05, 4.69) is 0 Å². The standard InChI is InChI=1S/C18H22F9NO/c1-5-28(6-2)13-10-8-7-9-12(13)14(3,29-4)11-15(19,20)16(21,22)17(23,24)18(25,26)27/h7-10H,5-6,11H2,1-4H3. The third-order valence-corrected chi connectivity index (χ3v) is 4.80. The molecule has 2 nitrogen and oxygen atoms in total. The van der Waals surface area contributed by atoms with E-state index in [1.165, 1.54) is 24.3 Å². The van der Waals surface area contributed by atoms with Gasteiger partial charge in [-0.15, -0.1) is 0 Å². The van der Waals surface area contributed by atoms with Gasteiger partial charge < -0.3 is 9.64 Å². The van der Waals surface area contributed by atoms with Crippen LogP contribution >= 0.6 is 0 Å². The lowest BCUT2D eigenvalue weighted by atomic mass is 9.84. The first kappa shape index (κ1) is 25.4. The Kier molecular flexibility index (Phi) is 7.21. The Morgan fingerprint density at radius 1 is 0.828 bits per heavy atom. The number of halogens is 9. The molecule has 1 rings (SSSR count). The lowest BCUT2D eigenvalue weighted by Crippen LogP contribution is -2.62. The molecule has 1 unspecified atom stereocenters. The summed E-state index contributed by atoms with van der Waals surface area (Å²) >= 11 is 0. The zero-order valence-corrected chi connectivity index (χ0v) is 16.2. The first-order valence-corrected chi connectivity index (χ1v) is 8.62. The molecule has 1 atom stereocenters. The minimum Gasteiger partial charge on any atom is -0.374 e. The Morgan fingerprint density at radius 2 is 1.31 bits per heavy atom. The lowest BCUT2D eigenvalue weighted by molar-refractivity contribution is -0.400. The molecule has 0 aliphatic rings. The highest BCUT2D eigenvalue weighted by molar-refractivity contribution is 5.56. The van der Waals surface area contributed by atoms with Crippen LogP contribution in [0.25, 0.3) is 0 Å². The molecule has 0 bridgehead atoms. The fraction of sp³-hybridized carbons (Fsp3) is 0.667. The minimum absolute atomic E-state index is 0.0444. The number of para-hydroxylation sites is 1. The number of methoxy groups -OCH3 is 1. The molecule has 0 aliphatic heterocycles. The fourth-order valence-electron chi connectivity index (χ4n) is 2.98. The number of ether oxygens (including phenoxy) is 1. The molecule has 1 aromatic carbocycles. The largest absolute Gasteiger partial charge is 0.460 e. The van der Waals surface area contributed by atoms with Crippen molar-refractivity contribution in [3.63, 3.8) is 0 Å². The maximum atomic E-state index is 14.3. The molecule has 0 amide bonds. The highest BCUT2D eigenvalue weighted by Crippen LogP contribution is 2.56. The number of alkyl halides is 9. The maximum absolute atomic E-state index is 14.3. The number of nitrogens with zero attached hydrogens (tertiary/aromatic N) is 1. The second-order valence-electron chi connectivity index (χ2n) is 6.65. The molecular weight excluding hydrogens is 417 g/mol. The molecule has 0 aliphatic carbocycles. The third kappa shape index (κ3) is 4.44. The van der Waals surface area contributed by atoms with Crippen molar-refractivity contribution in [3.05, 3.63) is 29.8 Å². The summed E-state index contributed by atoms with van der Waals surface area (Å²) in [5, 5.41) is 0. The van der Waals surface area contributed by atoms with Crippen molar-refractivity contribution < 1.29 is 44.3 Å². The van der Waals surface area contributed by atoms with E-state index in [0.717, 1.165) is 14.0 Å². The smallest absolute Gasteiger partial charge is 0.374 e. The van der Waals surface area contributed by atoms with Crippen LogP contribution in [-0.4, -0.2) is 44.1 Å². The second-order valence-corrected chi connectivity index (χ2v) is 6.65. The number of hydrogen-bond acceptors (Lipinski definition) is 2. The normalized spacial score (nSPS) is 15.9. The van der Waals surface area contributed by atoms with Gasteiger partial charge >= 0.3 is 23.9 Å². The van der Waals surface area contributed by atoms with Crippen molar-refractivity contribution in [2.75, 3.05) is 25.1 Å². The quantitative estimate of drug-likeness (QED) is 0.422. The summed E-state index contributed by atoms with van der Waals surface area (Å²) in [6.07, 6.45) is -8.96. The zero-order chi connectivity index (χ0) is 22.9. The number of anilines is 1. The van der Waals surface area contributed by atoms with Crippen LogP contribution < -0.4 is 4.90 Å². The van der Waals surface area contributed by atoms with Crippen molar-refractivity contribution >= 4 is 5.69 Å². The summed E-state index contributed by atoms with van der Waals surface area (Å²) in [7, 11) is 0.884. The minimum atomic E-state index is -6.93. The highest BCUT2D eigenvalue weighted by atomic mass is 19.4. The molecule has 0 N–H and O–H groups in total. The van der Waals surface area contributed by atoms with Gasteiger partial charge in [-0.2, -0.15) is 39.5 Å². The van der Waals surface area contributed by atoms with E-state index < -0.39 is 36.0 Å². The Hall–Kier alpha value is -1.65. The van der Waals surface area contributed by atoms with Crippen molar-refractivity contribution in [3.8, 4) is 0 Å². The third-order valence-electron chi connectivity index (χ3n) is 4.80. The van der Waals surface area contributed by atoms with Crippen LogP contribution in [-0.2, 0) is 10.3 Å². The van der Waals surface area contributed by atoms with Crippen LogP contribution in [0.3, 0.4) is 0 Å². The Bertz CT molecular complexity index is 686. The van der Waals surface area contributed by atoms with Gasteiger partial charge in [0.05, 0.1) is 12.0 Å². The van der Waals surface area contributed by atoms with E-state index >= 15 is 0 Å². The maximum Gasteiger partial charge on any atom is 0.460 e. The number of benzene rings is 1. The van der Waals surface area contributed by atoms with E-state index in [4.69, 9.17) is 4.74 Å². The van der Waals surface area contributed by atoms with Crippen LogP contribution in [0.2, 0.25) is 0 Å². The van der Waals surface area contributed by atoms with Gasteiger partial charge in [-0.3, -0.25) is 0 Å². The fourth-order valence-corrected chi connectivity index (χ4v) is 2.98. The van der Waals surface area contributed by atoms with Crippen molar-refractivity contribution in [1.29, 1.82) is 0 Å². The monoisotopic (exact) mass is 439 g/mol. The average Bonchev–Trinajstić information content (AvgIpc) is 2.61. The predicted octanol–water partition coefficient (Wildman–Crippen LogP) is 6.25. The summed E-state index contributed by atoms with van der Waals surface area (Å²) in [6.45, 7) is 5.19. The van der Waals surface area contributed by atoms with Gasteiger partial charge in [-0.25, -0.2) is 0 Å². The van der Waals surface area contributed by atoms with Gasteiger partial charge in [0, 0.05) is 31.5 Å². The summed E-state index contributed by atoms with van der Waals surface area (Å²) in [6, 6.07) is 5.69. The summed E-state index contributed by atoms with van der Waals surface area (Å²) < 4.78 is 124. The van der Waals surface area contributed by atoms with Crippen LogP contribution in [0.5, 0.6) is 0 Å². The summed E-state index contributed by atoms with van der Waals surface area (Å²) in [4.78, 5) is 1.67. The van der Waals surface area contributed by atoms with Gasteiger partial charge in [-0.1, -0.05) is 18.2 Å². The molecule has 0 saturated carbocycles. The van der Waals surface area contributed by atoms with E-state index in [1.54, 1.807) is 18.7 Å². The van der Waals surface area contributed by atoms with Crippen molar-refractivity contribution in [2.24, 2.45) is 0 Å². The zero-order valence-electron chi connectivity index (χ0n) is 16.2. The molecule has 0 heterocycles. The van der Waals surface area contributed by atoms with Gasteiger partial charge in [0.25, 0.3) is 0 Å². The molecule has 168 valence electrons. The predicted molar refractivity (Wildman–Crippen MR) is 89.9 cm³/mol. The highest BCUT2D eigenvalue weighted by Gasteiger charge is 2.82. The van der Waals surface area contributed by atoms with Crippen molar-refractivity contribution in [2.45, 2.75) is 56.7 Å².